The molecule has 0 fully saturated rings. The van der Waals surface area contributed by atoms with E-state index in [9.17, 15) is 9.59 Å². The van der Waals surface area contributed by atoms with Crippen molar-refractivity contribution in [2.24, 2.45) is 0 Å². The number of carbonyl (C=O) groups is 2. The molecule has 0 aromatic heterocycles. The van der Waals surface area contributed by atoms with Crippen molar-refractivity contribution in [3.63, 3.8) is 0 Å². The average molecular weight is 281 g/mol. The number of likely N-dealkylation sites (N-methyl/N-ethyl adjacent to an activating group) is 1. The molecule has 1 N–H and O–H groups in total. The summed E-state index contributed by atoms with van der Waals surface area (Å²) in [5.41, 5.74) is 2.67. The molecule has 2 aromatic carbocycles. The first-order chi connectivity index (χ1) is 10.1. The van der Waals surface area contributed by atoms with Crippen molar-refractivity contribution in [2.75, 3.05) is 7.05 Å². The van der Waals surface area contributed by atoms with Crippen LogP contribution in [0.25, 0.3) is 0 Å². The van der Waals surface area contributed by atoms with Crippen LogP contribution >= 0.6 is 0 Å². The molecule has 0 unspecified atom stereocenters. The Morgan fingerprint density at radius 3 is 2.57 bits per heavy atom. The second kappa shape index (κ2) is 5.05. The summed E-state index contributed by atoms with van der Waals surface area (Å²) < 4.78 is 0. The van der Waals surface area contributed by atoms with Crippen LogP contribution in [0, 0.1) is 0 Å². The van der Waals surface area contributed by atoms with E-state index in [0.29, 0.717) is 12.0 Å². The molecule has 0 spiro atoms. The van der Waals surface area contributed by atoms with E-state index in [-0.39, 0.29) is 17.5 Å². The Morgan fingerprint density at radius 1 is 1.19 bits per heavy atom. The van der Waals surface area contributed by atoms with Gasteiger partial charge in [0.2, 0.25) is 0 Å². The largest absolute Gasteiger partial charge is 0.478 e. The highest BCUT2D eigenvalue weighted by molar-refractivity contribution is 5.98. The summed E-state index contributed by atoms with van der Waals surface area (Å²) >= 11 is 0. The molecule has 4 nitrogen and oxygen atoms in total. The van der Waals surface area contributed by atoms with Gasteiger partial charge < -0.3 is 10.0 Å². The highest BCUT2D eigenvalue weighted by Gasteiger charge is 2.31. The van der Waals surface area contributed by atoms with Gasteiger partial charge in [-0.05, 0) is 35.7 Å². The van der Waals surface area contributed by atoms with Crippen LogP contribution in [-0.2, 0) is 6.42 Å². The fraction of sp³-hybridized carbons (Fsp3) is 0.176. The van der Waals surface area contributed by atoms with Gasteiger partial charge in [0, 0.05) is 12.6 Å². The van der Waals surface area contributed by atoms with Crippen molar-refractivity contribution in [1.29, 1.82) is 0 Å². The maximum atomic E-state index is 12.5. The minimum atomic E-state index is -0.972. The molecule has 1 amide bonds. The number of amides is 1. The van der Waals surface area contributed by atoms with Crippen molar-refractivity contribution < 1.29 is 14.7 Å². The van der Waals surface area contributed by atoms with Crippen LogP contribution in [0.15, 0.2) is 48.5 Å². The lowest BCUT2D eigenvalue weighted by Crippen LogP contribution is -2.37. The molecule has 21 heavy (non-hydrogen) atoms. The number of nitrogens with zero attached hydrogens (tertiary/aromatic N) is 1. The summed E-state index contributed by atoms with van der Waals surface area (Å²) in [6.07, 6.45) is 0.628. The summed E-state index contributed by atoms with van der Waals surface area (Å²) in [6, 6.07) is 14.4. The standard InChI is InChI=1S/C17H15NO3/c1-18-15(11-5-3-2-4-6-11)10-13-9-12(17(20)21)7-8-14(13)16(18)19/h2-9,15H,10H2,1H3,(H,20,21)/t15-/m1/s1. The maximum Gasteiger partial charge on any atom is 0.335 e. The molecule has 1 atom stereocenters. The lowest BCUT2D eigenvalue weighted by molar-refractivity contribution is 0.0683. The highest BCUT2D eigenvalue weighted by Crippen LogP contribution is 2.32. The Morgan fingerprint density at radius 2 is 1.90 bits per heavy atom. The molecule has 2 aromatic rings. The monoisotopic (exact) mass is 281 g/mol. The van der Waals surface area contributed by atoms with Crippen LogP contribution in [0.4, 0.5) is 0 Å². The molecule has 0 saturated heterocycles. The predicted octanol–water partition coefficient (Wildman–Crippen LogP) is 2.75. The first-order valence-corrected chi connectivity index (χ1v) is 6.76. The topological polar surface area (TPSA) is 57.6 Å². The lowest BCUT2D eigenvalue weighted by atomic mass is 9.89. The molecular weight excluding hydrogens is 266 g/mol. The fourth-order valence-corrected chi connectivity index (χ4v) is 2.80. The first-order valence-electron chi connectivity index (χ1n) is 6.76. The van der Waals surface area contributed by atoms with E-state index in [1.54, 1.807) is 24.1 Å². The zero-order valence-electron chi connectivity index (χ0n) is 11.6. The van der Waals surface area contributed by atoms with Crippen LogP contribution in [-0.4, -0.2) is 28.9 Å². The third-order valence-corrected chi connectivity index (χ3v) is 3.97. The number of carboxylic acid groups (broad SMARTS) is 1. The molecule has 0 radical (unpaired) electrons. The van der Waals surface area contributed by atoms with Crippen LogP contribution in [0.1, 0.15) is 37.9 Å². The number of rotatable bonds is 2. The van der Waals surface area contributed by atoms with Gasteiger partial charge in [-0.2, -0.15) is 0 Å². The third kappa shape index (κ3) is 2.29. The van der Waals surface area contributed by atoms with Gasteiger partial charge in [0.15, 0.2) is 0 Å². The number of hydrogen-bond donors (Lipinski definition) is 1. The van der Waals surface area contributed by atoms with Gasteiger partial charge >= 0.3 is 5.97 Å². The Bertz CT molecular complexity index is 709. The van der Waals surface area contributed by atoms with Gasteiger partial charge in [-0.15, -0.1) is 0 Å². The number of carboxylic acids is 1. The zero-order chi connectivity index (χ0) is 15.0. The van der Waals surface area contributed by atoms with Crippen LogP contribution < -0.4 is 0 Å². The molecule has 106 valence electrons. The summed E-state index contributed by atoms with van der Waals surface area (Å²) in [5, 5.41) is 9.09. The lowest BCUT2D eigenvalue weighted by Gasteiger charge is -2.34. The minimum absolute atomic E-state index is 0.0600. The highest BCUT2D eigenvalue weighted by atomic mass is 16.4. The van der Waals surface area contributed by atoms with Crippen LogP contribution in [0.5, 0.6) is 0 Å². The van der Waals surface area contributed by atoms with Crippen molar-refractivity contribution >= 4 is 11.9 Å². The van der Waals surface area contributed by atoms with Gasteiger partial charge in [-0.25, -0.2) is 4.79 Å². The van der Waals surface area contributed by atoms with Gasteiger partial charge in [-0.3, -0.25) is 4.79 Å². The molecule has 1 aliphatic rings. The molecule has 3 rings (SSSR count). The average Bonchev–Trinajstić information content (AvgIpc) is 2.51. The van der Waals surface area contributed by atoms with Crippen LogP contribution in [0.2, 0.25) is 0 Å². The number of hydrogen-bond acceptors (Lipinski definition) is 2. The van der Waals surface area contributed by atoms with Gasteiger partial charge in [0.05, 0.1) is 11.6 Å². The molecule has 0 saturated carbocycles. The maximum absolute atomic E-state index is 12.5. The quantitative estimate of drug-likeness (QED) is 0.920. The second-order valence-electron chi connectivity index (χ2n) is 5.22. The third-order valence-electron chi connectivity index (χ3n) is 3.97. The molecule has 4 heteroatoms. The molecule has 0 aliphatic carbocycles. The van der Waals surface area contributed by atoms with Gasteiger partial charge in [-0.1, -0.05) is 30.3 Å². The molecule has 1 heterocycles. The van der Waals surface area contributed by atoms with Crippen molar-refractivity contribution in [3.05, 3.63) is 70.8 Å². The van der Waals surface area contributed by atoms with Crippen molar-refractivity contribution in [2.45, 2.75) is 12.5 Å². The summed E-state index contributed by atoms with van der Waals surface area (Å²) in [7, 11) is 1.79. The Kier molecular flexibility index (Phi) is 3.22. The molecule has 0 bridgehead atoms. The van der Waals surface area contributed by atoms with Gasteiger partial charge in [0.25, 0.3) is 5.91 Å². The van der Waals surface area contributed by atoms with E-state index >= 15 is 0 Å². The minimum Gasteiger partial charge on any atom is -0.478 e. The van der Waals surface area contributed by atoms with Crippen molar-refractivity contribution in [1.82, 2.24) is 4.90 Å². The number of fused-ring (bicyclic) bond motifs is 1. The molecular formula is C17H15NO3. The van der Waals surface area contributed by atoms with E-state index in [0.717, 1.165) is 11.1 Å². The smallest absolute Gasteiger partial charge is 0.335 e. The van der Waals surface area contributed by atoms with E-state index in [2.05, 4.69) is 0 Å². The predicted molar refractivity (Wildman–Crippen MR) is 78.4 cm³/mol. The first kappa shape index (κ1) is 13.4. The van der Waals surface area contributed by atoms with Gasteiger partial charge in [0.1, 0.15) is 0 Å². The van der Waals surface area contributed by atoms with E-state index in [1.165, 1.54) is 6.07 Å². The summed E-state index contributed by atoms with van der Waals surface area (Å²) in [5.74, 6) is -1.04. The van der Waals surface area contributed by atoms with Crippen molar-refractivity contribution in [3.8, 4) is 0 Å². The second-order valence-corrected chi connectivity index (χ2v) is 5.22. The number of benzene rings is 2. The van der Waals surface area contributed by atoms with E-state index in [4.69, 9.17) is 5.11 Å². The van der Waals surface area contributed by atoms with E-state index < -0.39 is 5.97 Å². The number of aromatic carboxylic acids is 1. The molecule has 1 aliphatic heterocycles. The zero-order valence-corrected chi connectivity index (χ0v) is 11.6. The summed E-state index contributed by atoms with van der Waals surface area (Å²) in [6.45, 7) is 0. The Labute approximate surface area is 122 Å². The fourth-order valence-electron chi connectivity index (χ4n) is 2.80. The number of carbonyl (C=O) groups excluding carboxylic acids is 1. The van der Waals surface area contributed by atoms with Crippen LogP contribution in [0.3, 0.4) is 0 Å². The van der Waals surface area contributed by atoms with E-state index in [1.807, 2.05) is 30.3 Å². The SMILES string of the molecule is CN1C(=O)c2ccc(C(=O)O)cc2C[C@@H]1c1ccccc1. The summed E-state index contributed by atoms with van der Waals surface area (Å²) in [4.78, 5) is 25.3. The Balaban J connectivity index is 2.05. The Hall–Kier alpha value is -2.62. The normalized spacial score (nSPS) is 17.5.